The second-order valence-electron chi connectivity index (χ2n) is 7.59. The molecule has 0 unspecified atom stereocenters. The van der Waals surface area contributed by atoms with E-state index >= 15 is 0 Å². The molecule has 3 N–H and O–H groups in total. The number of aromatic amines is 1. The summed E-state index contributed by atoms with van der Waals surface area (Å²) in [5.74, 6) is -0.0233. The normalized spacial score (nSPS) is 10.8. The van der Waals surface area contributed by atoms with E-state index in [2.05, 4.69) is 4.98 Å². The third-order valence-electron chi connectivity index (χ3n) is 5.39. The SMILES string of the molecule is COCCN(C(=O)COc1cccc(C)c1C)c1c(N)n(Cc2ccccc2)c(=O)[nH]c1=O. The summed E-state index contributed by atoms with van der Waals surface area (Å²) in [6.45, 7) is 3.89. The third kappa shape index (κ3) is 5.50. The molecule has 1 aromatic heterocycles. The van der Waals surface area contributed by atoms with Gasteiger partial charge in [-0.1, -0.05) is 42.5 Å². The van der Waals surface area contributed by atoms with E-state index < -0.39 is 17.2 Å². The highest BCUT2D eigenvalue weighted by atomic mass is 16.5. The van der Waals surface area contributed by atoms with E-state index in [1.165, 1.54) is 16.6 Å². The molecule has 1 amide bonds. The van der Waals surface area contributed by atoms with E-state index in [4.69, 9.17) is 15.2 Å². The van der Waals surface area contributed by atoms with E-state index in [1.54, 1.807) is 6.07 Å². The van der Waals surface area contributed by atoms with Gasteiger partial charge in [-0.15, -0.1) is 0 Å². The Hall–Kier alpha value is -3.85. The molecular weight excluding hydrogens is 424 g/mol. The highest BCUT2D eigenvalue weighted by molar-refractivity contribution is 5.96. The van der Waals surface area contributed by atoms with Crippen molar-refractivity contribution < 1.29 is 14.3 Å². The minimum atomic E-state index is -0.752. The van der Waals surface area contributed by atoms with Crippen molar-refractivity contribution in [2.75, 3.05) is 37.5 Å². The van der Waals surface area contributed by atoms with Gasteiger partial charge in [-0.2, -0.15) is 0 Å². The molecule has 0 aliphatic rings. The molecule has 3 aromatic rings. The summed E-state index contributed by atoms with van der Waals surface area (Å²) in [6.07, 6.45) is 0. The van der Waals surface area contributed by atoms with Gasteiger partial charge >= 0.3 is 5.69 Å². The fourth-order valence-corrected chi connectivity index (χ4v) is 3.40. The number of rotatable bonds is 9. The quantitative estimate of drug-likeness (QED) is 0.511. The van der Waals surface area contributed by atoms with Crippen LogP contribution >= 0.6 is 0 Å². The van der Waals surface area contributed by atoms with Crippen molar-refractivity contribution in [3.8, 4) is 5.75 Å². The van der Waals surface area contributed by atoms with Gasteiger partial charge in [0.2, 0.25) is 0 Å². The number of aromatic nitrogens is 2. The van der Waals surface area contributed by atoms with Crippen LogP contribution in [0.4, 0.5) is 11.5 Å². The average molecular weight is 453 g/mol. The van der Waals surface area contributed by atoms with Gasteiger partial charge in [0, 0.05) is 13.7 Å². The molecule has 0 spiro atoms. The number of ether oxygens (including phenoxy) is 2. The number of methoxy groups -OCH3 is 1. The van der Waals surface area contributed by atoms with Crippen LogP contribution in [-0.4, -0.2) is 42.3 Å². The van der Waals surface area contributed by atoms with Gasteiger partial charge < -0.3 is 15.2 Å². The summed E-state index contributed by atoms with van der Waals surface area (Å²) in [5, 5.41) is 0. The van der Waals surface area contributed by atoms with Crippen LogP contribution in [0.15, 0.2) is 58.1 Å². The van der Waals surface area contributed by atoms with Gasteiger partial charge in [-0.05, 0) is 36.6 Å². The zero-order valence-corrected chi connectivity index (χ0v) is 19.0. The van der Waals surface area contributed by atoms with Crippen molar-refractivity contribution in [1.29, 1.82) is 0 Å². The summed E-state index contributed by atoms with van der Waals surface area (Å²) in [5.41, 5.74) is 7.51. The number of aryl methyl sites for hydroxylation is 1. The molecule has 0 aliphatic heterocycles. The molecule has 174 valence electrons. The van der Waals surface area contributed by atoms with E-state index in [0.29, 0.717) is 5.75 Å². The molecule has 1 heterocycles. The Morgan fingerprint density at radius 1 is 1.09 bits per heavy atom. The van der Waals surface area contributed by atoms with Crippen LogP contribution in [0, 0.1) is 13.8 Å². The van der Waals surface area contributed by atoms with Crippen molar-refractivity contribution in [1.82, 2.24) is 9.55 Å². The minimum absolute atomic E-state index is 0.0579. The zero-order valence-electron chi connectivity index (χ0n) is 19.0. The van der Waals surface area contributed by atoms with Crippen molar-refractivity contribution >= 4 is 17.4 Å². The topological polar surface area (TPSA) is 120 Å². The summed E-state index contributed by atoms with van der Waals surface area (Å²) < 4.78 is 12.1. The number of hydrogen-bond donors (Lipinski definition) is 2. The van der Waals surface area contributed by atoms with Gasteiger partial charge in [-0.25, -0.2) is 4.79 Å². The number of nitrogen functional groups attached to an aromatic ring is 1. The number of nitrogens with zero attached hydrogens (tertiary/aromatic N) is 2. The van der Waals surface area contributed by atoms with Crippen molar-refractivity contribution in [2.24, 2.45) is 0 Å². The lowest BCUT2D eigenvalue weighted by atomic mass is 10.1. The Morgan fingerprint density at radius 3 is 2.52 bits per heavy atom. The standard InChI is InChI=1S/C24H28N4O5/c1-16-8-7-11-19(17(16)2)33-15-20(29)27(12-13-32-3)21-22(25)28(24(31)26-23(21)30)14-18-9-5-4-6-10-18/h4-11H,12-15,25H2,1-3H3,(H,26,30,31). The first kappa shape index (κ1) is 23.8. The summed E-state index contributed by atoms with van der Waals surface area (Å²) in [4.78, 5) is 41.8. The number of benzene rings is 2. The first-order chi connectivity index (χ1) is 15.8. The Labute approximate surface area is 191 Å². The van der Waals surface area contributed by atoms with E-state index in [1.807, 2.05) is 56.3 Å². The van der Waals surface area contributed by atoms with Gasteiger partial charge in [0.15, 0.2) is 12.3 Å². The molecule has 2 aromatic carbocycles. The van der Waals surface area contributed by atoms with Crippen LogP contribution in [-0.2, 0) is 16.1 Å². The molecule has 0 bridgehead atoms. The smallest absolute Gasteiger partial charge is 0.330 e. The zero-order chi connectivity index (χ0) is 24.0. The molecule has 0 radical (unpaired) electrons. The molecule has 9 nitrogen and oxygen atoms in total. The van der Waals surface area contributed by atoms with E-state index in [0.717, 1.165) is 16.7 Å². The number of nitrogens with two attached hydrogens (primary N) is 1. The summed E-state index contributed by atoms with van der Waals surface area (Å²) in [6, 6.07) is 14.8. The minimum Gasteiger partial charge on any atom is -0.483 e. The van der Waals surface area contributed by atoms with Crippen molar-refractivity contribution in [2.45, 2.75) is 20.4 Å². The fourth-order valence-electron chi connectivity index (χ4n) is 3.40. The van der Waals surface area contributed by atoms with Crippen LogP contribution in [0.5, 0.6) is 5.75 Å². The maximum atomic E-state index is 13.1. The molecule has 0 atom stereocenters. The number of anilines is 2. The van der Waals surface area contributed by atoms with Crippen LogP contribution in [0.1, 0.15) is 16.7 Å². The third-order valence-corrected chi connectivity index (χ3v) is 5.39. The number of carbonyl (C=O) groups excluding carboxylic acids is 1. The number of H-pyrrole nitrogens is 1. The molecular formula is C24H28N4O5. The molecule has 9 heteroatoms. The largest absolute Gasteiger partial charge is 0.483 e. The lowest BCUT2D eigenvalue weighted by Gasteiger charge is -2.24. The second-order valence-corrected chi connectivity index (χ2v) is 7.59. The fraction of sp³-hybridized carbons (Fsp3) is 0.292. The Kier molecular flexibility index (Phi) is 7.68. The first-order valence-electron chi connectivity index (χ1n) is 10.5. The van der Waals surface area contributed by atoms with E-state index in [9.17, 15) is 14.4 Å². The average Bonchev–Trinajstić information content (AvgIpc) is 2.80. The predicted molar refractivity (Wildman–Crippen MR) is 127 cm³/mol. The summed E-state index contributed by atoms with van der Waals surface area (Å²) >= 11 is 0. The number of hydrogen-bond acceptors (Lipinski definition) is 6. The number of carbonyl (C=O) groups is 1. The first-order valence-corrected chi connectivity index (χ1v) is 10.5. The second kappa shape index (κ2) is 10.6. The lowest BCUT2D eigenvalue weighted by molar-refractivity contribution is -0.120. The highest BCUT2D eigenvalue weighted by Gasteiger charge is 2.25. The maximum Gasteiger partial charge on any atom is 0.330 e. The number of nitrogens with one attached hydrogen (secondary N) is 1. The number of amides is 1. The molecule has 0 saturated heterocycles. The molecule has 33 heavy (non-hydrogen) atoms. The Balaban J connectivity index is 1.95. The monoisotopic (exact) mass is 452 g/mol. The summed E-state index contributed by atoms with van der Waals surface area (Å²) in [7, 11) is 1.49. The highest BCUT2D eigenvalue weighted by Crippen LogP contribution is 2.22. The van der Waals surface area contributed by atoms with Gasteiger partial charge in [0.05, 0.1) is 13.2 Å². The molecule has 0 fully saturated rings. The molecule has 0 aliphatic carbocycles. The Morgan fingerprint density at radius 2 is 1.82 bits per heavy atom. The van der Waals surface area contributed by atoms with Crippen LogP contribution in [0.3, 0.4) is 0 Å². The Bertz CT molecular complexity index is 1230. The van der Waals surface area contributed by atoms with E-state index in [-0.39, 0.29) is 37.8 Å². The molecule has 3 rings (SSSR count). The van der Waals surface area contributed by atoms with Crippen molar-refractivity contribution in [3.05, 3.63) is 86.1 Å². The maximum absolute atomic E-state index is 13.1. The van der Waals surface area contributed by atoms with Crippen molar-refractivity contribution in [3.63, 3.8) is 0 Å². The molecule has 0 saturated carbocycles. The predicted octanol–water partition coefficient (Wildman–Crippen LogP) is 1.84. The van der Waals surface area contributed by atoms with Crippen LogP contribution in [0.25, 0.3) is 0 Å². The van der Waals surface area contributed by atoms with Gasteiger partial charge in [0.25, 0.3) is 11.5 Å². The van der Waals surface area contributed by atoms with Crippen LogP contribution in [0.2, 0.25) is 0 Å². The van der Waals surface area contributed by atoms with Gasteiger partial charge in [0.1, 0.15) is 11.6 Å². The van der Waals surface area contributed by atoms with Gasteiger partial charge in [-0.3, -0.25) is 24.0 Å². The van der Waals surface area contributed by atoms with Crippen LogP contribution < -0.4 is 26.6 Å². The lowest BCUT2D eigenvalue weighted by Crippen LogP contribution is -2.44.